The van der Waals surface area contributed by atoms with Crippen molar-refractivity contribution in [3.05, 3.63) is 11.8 Å². The molecule has 0 saturated carbocycles. The highest BCUT2D eigenvalue weighted by atomic mass is 15.0. The second kappa shape index (κ2) is 7.49. The van der Waals surface area contributed by atoms with Crippen molar-refractivity contribution in [2.24, 2.45) is 4.99 Å². The number of hydrogen-bond donors (Lipinski definition) is 1. The lowest BCUT2D eigenvalue weighted by Crippen LogP contribution is -2.34. The van der Waals surface area contributed by atoms with Gasteiger partial charge in [0.25, 0.3) is 0 Å². The summed E-state index contributed by atoms with van der Waals surface area (Å²) >= 11 is 0. The lowest BCUT2D eigenvalue weighted by Gasteiger charge is -2.22. The Balaban J connectivity index is 4.09. The Labute approximate surface area is 107 Å². The van der Waals surface area contributed by atoms with Gasteiger partial charge in [0.05, 0.1) is 0 Å². The quantitative estimate of drug-likeness (QED) is 0.570. The van der Waals surface area contributed by atoms with Crippen molar-refractivity contribution >= 4 is 5.71 Å². The maximum atomic E-state index is 4.54. The second-order valence-electron chi connectivity index (χ2n) is 5.88. The Morgan fingerprint density at radius 1 is 1.24 bits per heavy atom. The molecule has 3 nitrogen and oxygen atoms in total. The molecule has 0 bridgehead atoms. The molecule has 0 aromatic rings. The minimum Gasteiger partial charge on any atom is -0.384 e. The number of allylic oxidation sites excluding steroid dienone is 2. The zero-order chi connectivity index (χ0) is 13.5. The van der Waals surface area contributed by atoms with Gasteiger partial charge in [-0.1, -0.05) is 0 Å². The van der Waals surface area contributed by atoms with E-state index < -0.39 is 0 Å². The molecule has 17 heavy (non-hydrogen) atoms. The molecule has 100 valence electrons. The Morgan fingerprint density at radius 2 is 1.82 bits per heavy atom. The molecular weight excluding hydrogens is 210 g/mol. The molecule has 0 atom stereocenters. The molecule has 0 rings (SSSR count). The highest BCUT2D eigenvalue weighted by Crippen LogP contribution is 2.03. The van der Waals surface area contributed by atoms with Gasteiger partial charge in [-0.15, -0.1) is 0 Å². The third-order valence-corrected chi connectivity index (χ3v) is 2.12. The number of nitrogens with one attached hydrogen (secondary N) is 1. The SMILES string of the molecule is CC(/C=C(/C)NC(C)(C)C)=NCCCN(C)C. The topological polar surface area (TPSA) is 27.6 Å². The second-order valence-corrected chi connectivity index (χ2v) is 5.88. The molecule has 0 amide bonds. The molecule has 0 aromatic heterocycles. The van der Waals surface area contributed by atoms with Gasteiger partial charge in [-0.2, -0.15) is 0 Å². The van der Waals surface area contributed by atoms with E-state index in [2.05, 4.69) is 70.0 Å². The van der Waals surface area contributed by atoms with Crippen LogP contribution < -0.4 is 5.32 Å². The first kappa shape index (κ1) is 16.2. The maximum Gasteiger partial charge on any atom is 0.0404 e. The van der Waals surface area contributed by atoms with Gasteiger partial charge in [0, 0.05) is 23.5 Å². The largest absolute Gasteiger partial charge is 0.384 e. The zero-order valence-electron chi connectivity index (χ0n) is 12.6. The van der Waals surface area contributed by atoms with Gasteiger partial charge in [-0.05, 0) is 67.8 Å². The summed E-state index contributed by atoms with van der Waals surface area (Å²) in [6.45, 7) is 12.6. The summed E-state index contributed by atoms with van der Waals surface area (Å²) in [6.07, 6.45) is 3.23. The van der Waals surface area contributed by atoms with Gasteiger partial charge in [-0.3, -0.25) is 4.99 Å². The molecular formula is C14H29N3. The monoisotopic (exact) mass is 239 g/mol. The van der Waals surface area contributed by atoms with Gasteiger partial charge in [0.1, 0.15) is 0 Å². The standard InChI is InChI=1S/C14H29N3/c1-12(15-9-8-10-17(6)7)11-13(2)16-14(3,4)5/h11,16H,8-10H2,1-7H3/b13-11-,15-12?. The van der Waals surface area contributed by atoms with E-state index in [4.69, 9.17) is 0 Å². The van der Waals surface area contributed by atoms with Gasteiger partial charge in [0.15, 0.2) is 0 Å². The van der Waals surface area contributed by atoms with E-state index in [9.17, 15) is 0 Å². The van der Waals surface area contributed by atoms with Gasteiger partial charge in [-0.25, -0.2) is 0 Å². The average molecular weight is 239 g/mol. The van der Waals surface area contributed by atoms with E-state index in [1.54, 1.807) is 0 Å². The van der Waals surface area contributed by atoms with Crippen LogP contribution in [0.3, 0.4) is 0 Å². The molecule has 1 N–H and O–H groups in total. The third kappa shape index (κ3) is 11.4. The van der Waals surface area contributed by atoms with Crippen LogP contribution in [0.15, 0.2) is 16.8 Å². The zero-order valence-corrected chi connectivity index (χ0v) is 12.6. The van der Waals surface area contributed by atoms with Gasteiger partial charge >= 0.3 is 0 Å². The summed E-state index contributed by atoms with van der Waals surface area (Å²) in [4.78, 5) is 6.73. The van der Waals surface area contributed by atoms with E-state index in [0.29, 0.717) is 0 Å². The predicted molar refractivity (Wildman–Crippen MR) is 77.8 cm³/mol. The van der Waals surface area contributed by atoms with Crippen molar-refractivity contribution in [2.75, 3.05) is 27.2 Å². The Bertz CT molecular complexity index is 270. The fourth-order valence-electron chi connectivity index (χ4n) is 1.63. The van der Waals surface area contributed by atoms with E-state index in [1.807, 2.05) is 0 Å². The summed E-state index contributed by atoms with van der Waals surface area (Å²) in [7, 11) is 4.18. The van der Waals surface area contributed by atoms with E-state index in [1.165, 1.54) is 5.70 Å². The van der Waals surface area contributed by atoms with Crippen LogP contribution in [0.2, 0.25) is 0 Å². The molecule has 0 radical (unpaired) electrons. The summed E-state index contributed by atoms with van der Waals surface area (Å²) < 4.78 is 0. The van der Waals surface area contributed by atoms with Crippen LogP contribution in [0, 0.1) is 0 Å². The predicted octanol–water partition coefficient (Wildman–Crippen LogP) is 2.69. The van der Waals surface area contributed by atoms with Gasteiger partial charge in [0.2, 0.25) is 0 Å². The van der Waals surface area contributed by atoms with Crippen LogP contribution in [0.1, 0.15) is 41.0 Å². The smallest absolute Gasteiger partial charge is 0.0404 e. The average Bonchev–Trinajstić information content (AvgIpc) is 2.08. The highest BCUT2D eigenvalue weighted by molar-refractivity contribution is 5.93. The van der Waals surface area contributed by atoms with Crippen molar-refractivity contribution in [3.8, 4) is 0 Å². The fraction of sp³-hybridized carbons (Fsp3) is 0.786. The molecule has 0 aliphatic heterocycles. The van der Waals surface area contributed by atoms with Crippen LogP contribution in [0.4, 0.5) is 0 Å². The van der Waals surface area contributed by atoms with Crippen LogP contribution in [-0.2, 0) is 0 Å². The van der Waals surface area contributed by atoms with E-state index in [-0.39, 0.29) is 5.54 Å². The molecule has 0 heterocycles. The molecule has 0 saturated heterocycles. The van der Waals surface area contributed by atoms with Crippen LogP contribution in [0.25, 0.3) is 0 Å². The lowest BCUT2D eigenvalue weighted by atomic mass is 10.1. The minimum atomic E-state index is 0.117. The summed E-state index contributed by atoms with van der Waals surface area (Å²) in [6, 6.07) is 0. The minimum absolute atomic E-state index is 0.117. The van der Waals surface area contributed by atoms with E-state index in [0.717, 1.165) is 25.2 Å². The molecule has 0 aliphatic carbocycles. The van der Waals surface area contributed by atoms with Crippen molar-refractivity contribution in [2.45, 2.75) is 46.6 Å². The Morgan fingerprint density at radius 3 is 2.29 bits per heavy atom. The third-order valence-electron chi connectivity index (χ3n) is 2.12. The van der Waals surface area contributed by atoms with Crippen molar-refractivity contribution in [1.82, 2.24) is 10.2 Å². The van der Waals surface area contributed by atoms with E-state index >= 15 is 0 Å². The van der Waals surface area contributed by atoms with Crippen LogP contribution in [-0.4, -0.2) is 43.3 Å². The van der Waals surface area contributed by atoms with Crippen molar-refractivity contribution in [3.63, 3.8) is 0 Å². The number of rotatable bonds is 6. The molecule has 3 heteroatoms. The normalized spacial score (nSPS) is 14.4. The Hall–Kier alpha value is -0.830. The number of hydrogen-bond acceptors (Lipinski definition) is 3. The summed E-state index contributed by atoms with van der Waals surface area (Å²) in [5, 5.41) is 3.43. The van der Waals surface area contributed by atoms with Crippen molar-refractivity contribution < 1.29 is 0 Å². The molecule has 0 spiro atoms. The Kier molecular flexibility index (Phi) is 7.12. The highest BCUT2D eigenvalue weighted by Gasteiger charge is 2.07. The van der Waals surface area contributed by atoms with Crippen LogP contribution >= 0.6 is 0 Å². The molecule has 0 unspecified atom stereocenters. The molecule has 0 aliphatic rings. The maximum absolute atomic E-state index is 4.54. The number of nitrogens with zero attached hydrogens (tertiary/aromatic N) is 2. The first-order valence-corrected chi connectivity index (χ1v) is 6.33. The van der Waals surface area contributed by atoms with Crippen molar-refractivity contribution in [1.29, 1.82) is 0 Å². The van der Waals surface area contributed by atoms with Crippen LogP contribution in [0.5, 0.6) is 0 Å². The summed E-state index contributed by atoms with van der Waals surface area (Å²) in [5.74, 6) is 0. The summed E-state index contributed by atoms with van der Waals surface area (Å²) in [5.41, 5.74) is 2.38. The fourth-order valence-corrected chi connectivity index (χ4v) is 1.63. The first-order chi connectivity index (χ1) is 7.70. The first-order valence-electron chi connectivity index (χ1n) is 6.33. The van der Waals surface area contributed by atoms with Gasteiger partial charge < -0.3 is 10.2 Å². The molecule has 0 aromatic carbocycles. The lowest BCUT2D eigenvalue weighted by molar-refractivity contribution is 0.403. The molecule has 0 fully saturated rings. The number of aliphatic imine (C=N–C) groups is 1.